The molecule has 2 aromatic rings. The summed E-state index contributed by atoms with van der Waals surface area (Å²) in [6, 6.07) is 11.5. The summed E-state index contributed by atoms with van der Waals surface area (Å²) in [5.41, 5.74) is 8.05. The molecule has 2 N–H and O–H groups in total. The molecule has 6 heteroatoms. The molecule has 0 radical (unpaired) electrons. The second-order valence-electron chi connectivity index (χ2n) is 5.69. The molecule has 24 heavy (non-hydrogen) atoms. The minimum absolute atomic E-state index is 0.0341. The molecule has 1 amide bonds. The lowest BCUT2D eigenvalue weighted by molar-refractivity contribution is 0.0746. The number of para-hydroxylation sites is 2. The van der Waals surface area contributed by atoms with Crippen LogP contribution >= 0.6 is 0 Å². The molecule has 1 aromatic heterocycles. The van der Waals surface area contributed by atoms with E-state index in [0.29, 0.717) is 25.2 Å². The highest BCUT2D eigenvalue weighted by Crippen LogP contribution is 2.28. The number of carbonyl (C=O) groups is 1. The van der Waals surface area contributed by atoms with Gasteiger partial charge in [-0.1, -0.05) is 12.1 Å². The zero-order chi connectivity index (χ0) is 16.9. The Bertz CT molecular complexity index is 712. The normalized spacial score (nSPS) is 14.6. The fraction of sp³-hybridized carbons (Fsp3) is 0.333. The topological polar surface area (TPSA) is 71.7 Å². The first-order valence-corrected chi connectivity index (χ1v) is 8.05. The summed E-state index contributed by atoms with van der Waals surface area (Å²) >= 11 is 0. The number of benzene rings is 1. The fourth-order valence-electron chi connectivity index (χ4n) is 2.95. The molecule has 3 rings (SSSR count). The summed E-state index contributed by atoms with van der Waals surface area (Å²) in [6.07, 6.45) is 1.64. The highest BCUT2D eigenvalue weighted by molar-refractivity contribution is 5.94. The molecule has 0 saturated carbocycles. The van der Waals surface area contributed by atoms with Gasteiger partial charge in [-0.15, -0.1) is 0 Å². The first kappa shape index (κ1) is 16.3. The van der Waals surface area contributed by atoms with Crippen molar-refractivity contribution in [3.63, 3.8) is 0 Å². The van der Waals surface area contributed by atoms with Crippen molar-refractivity contribution < 1.29 is 9.53 Å². The van der Waals surface area contributed by atoms with Gasteiger partial charge < -0.3 is 20.3 Å². The van der Waals surface area contributed by atoms with Crippen molar-refractivity contribution in [2.75, 3.05) is 38.2 Å². The van der Waals surface area contributed by atoms with Gasteiger partial charge in [-0.05, 0) is 24.3 Å². The number of anilines is 1. The number of carbonyl (C=O) groups excluding carboxylic acids is 1. The number of ether oxygens (including phenoxy) is 1. The predicted molar refractivity (Wildman–Crippen MR) is 93.2 cm³/mol. The minimum Gasteiger partial charge on any atom is -0.495 e. The number of pyridine rings is 1. The van der Waals surface area contributed by atoms with Crippen LogP contribution in [0, 0.1) is 0 Å². The third-order valence-electron chi connectivity index (χ3n) is 4.27. The zero-order valence-corrected chi connectivity index (χ0v) is 13.8. The summed E-state index contributed by atoms with van der Waals surface area (Å²) in [4.78, 5) is 20.9. The number of rotatable bonds is 4. The van der Waals surface area contributed by atoms with Crippen LogP contribution in [0.3, 0.4) is 0 Å². The van der Waals surface area contributed by atoms with E-state index in [2.05, 4.69) is 9.88 Å². The fourth-order valence-corrected chi connectivity index (χ4v) is 2.95. The Hall–Kier alpha value is -2.60. The van der Waals surface area contributed by atoms with E-state index in [1.54, 1.807) is 25.4 Å². The second kappa shape index (κ2) is 7.31. The monoisotopic (exact) mass is 326 g/mol. The van der Waals surface area contributed by atoms with Crippen LogP contribution in [0.25, 0.3) is 0 Å². The molecular formula is C18H22N4O2. The average molecular weight is 326 g/mol. The van der Waals surface area contributed by atoms with Gasteiger partial charge in [0.25, 0.3) is 5.91 Å². The smallest absolute Gasteiger partial charge is 0.254 e. The largest absolute Gasteiger partial charge is 0.495 e. The van der Waals surface area contributed by atoms with Crippen LogP contribution in [0.2, 0.25) is 0 Å². The summed E-state index contributed by atoms with van der Waals surface area (Å²) in [6.45, 7) is 3.25. The second-order valence-corrected chi connectivity index (χ2v) is 5.69. The molecule has 2 heterocycles. The van der Waals surface area contributed by atoms with Gasteiger partial charge in [0.1, 0.15) is 5.75 Å². The highest BCUT2D eigenvalue weighted by atomic mass is 16.5. The zero-order valence-electron chi connectivity index (χ0n) is 13.8. The van der Waals surface area contributed by atoms with E-state index in [0.717, 1.165) is 30.2 Å². The lowest BCUT2D eigenvalue weighted by Gasteiger charge is -2.36. The Kier molecular flexibility index (Phi) is 4.96. The van der Waals surface area contributed by atoms with Gasteiger partial charge in [-0.3, -0.25) is 9.78 Å². The van der Waals surface area contributed by atoms with E-state index in [4.69, 9.17) is 10.5 Å². The van der Waals surface area contributed by atoms with Crippen molar-refractivity contribution in [2.24, 2.45) is 5.73 Å². The SMILES string of the molecule is COc1ccccc1N1CCN(C(=O)c2ccnc(CN)c2)CC1. The Morgan fingerprint density at radius 2 is 1.96 bits per heavy atom. The van der Waals surface area contributed by atoms with Crippen molar-refractivity contribution in [3.05, 3.63) is 53.9 Å². The number of nitrogens with zero attached hydrogens (tertiary/aromatic N) is 3. The number of piperazine rings is 1. The van der Waals surface area contributed by atoms with Crippen LogP contribution in [0.4, 0.5) is 5.69 Å². The Labute approximate surface area is 141 Å². The third kappa shape index (κ3) is 3.33. The van der Waals surface area contributed by atoms with E-state index < -0.39 is 0 Å². The number of amides is 1. The van der Waals surface area contributed by atoms with Crippen molar-refractivity contribution in [1.82, 2.24) is 9.88 Å². The Morgan fingerprint density at radius 3 is 2.67 bits per heavy atom. The number of hydrogen-bond acceptors (Lipinski definition) is 5. The molecule has 1 saturated heterocycles. The first-order chi connectivity index (χ1) is 11.7. The predicted octanol–water partition coefficient (Wildman–Crippen LogP) is 1.51. The van der Waals surface area contributed by atoms with Gasteiger partial charge in [-0.2, -0.15) is 0 Å². The molecule has 6 nitrogen and oxygen atoms in total. The minimum atomic E-state index is 0.0341. The van der Waals surface area contributed by atoms with Crippen LogP contribution in [-0.2, 0) is 6.54 Å². The molecule has 1 fully saturated rings. The molecule has 1 aliphatic heterocycles. The Morgan fingerprint density at radius 1 is 1.21 bits per heavy atom. The summed E-state index contributed by atoms with van der Waals surface area (Å²) in [5, 5.41) is 0. The molecule has 0 aliphatic carbocycles. The quantitative estimate of drug-likeness (QED) is 0.922. The highest BCUT2D eigenvalue weighted by Gasteiger charge is 2.23. The van der Waals surface area contributed by atoms with Gasteiger partial charge >= 0.3 is 0 Å². The molecular weight excluding hydrogens is 304 g/mol. The van der Waals surface area contributed by atoms with Gasteiger partial charge in [0.2, 0.25) is 0 Å². The lowest BCUT2D eigenvalue weighted by Crippen LogP contribution is -2.48. The van der Waals surface area contributed by atoms with Gasteiger partial charge in [0.15, 0.2) is 0 Å². The van der Waals surface area contributed by atoms with Gasteiger partial charge in [-0.25, -0.2) is 0 Å². The summed E-state index contributed by atoms with van der Waals surface area (Å²) < 4.78 is 5.43. The van der Waals surface area contributed by atoms with Crippen molar-refractivity contribution >= 4 is 11.6 Å². The third-order valence-corrected chi connectivity index (χ3v) is 4.27. The molecule has 0 unspecified atom stereocenters. The van der Waals surface area contributed by atoms with Crippen LogP contribution < -0.4 is 15.4 Å². The maximum atomic E-state index is 12.6. The number of methoxy groups -OCH3 is 1. The van der Waals surface area contributed by atoms with E-state index in [1.165, 1.54) is 0 Å². The van der Waals surface area contributed by atoms with E-state index in [1.807, 2.05) is 29.2 Å². The average Bonchev–Trinajstić information content (AvgIpc) is 2.67. The van der Waals surface area contributed by atoms with Gasteiger partial charge in [0, 0.05) is 44.5 Å². The lowest BCUT2D eigenvalue weighted by atomic mass is 10.1. The molecule has 126 valence electrons. The van der Waals surface area contributed by atoms with Crippen LogP contribution in [0.5, 0.6) is 5.75 Å². The summed E-state index contributed by atoms with van der Waals surface area (Å²) in [7, 11) is 1.68. The number of nitrogens with two attached hydrogens (primary N) is 1. The molecule has 1 aromatic carbocycles. The maximum Gasteiger partial charge on any atom is 0.254 e. The molecule has 1 aliphatic rings. The molecule has 0 atom stereocenters. The van der Waals surface area contributed by atoms with Crippen LogP contribution in [0.1, 0.15) is 16.1 Å². The van der Waals surface area contributed by atoms with E-state index in [9.17, 15) is 4.79 Å². The van der Waals surface area contributed by atoms with Crippen molar-refractivity contribution in [3.8, 4) is 5.75 Å². The molecule has 0 spiro atoms. The van der Waals surface area contributed by atoms with Gasteiger partial charge in [0.05, 0.1) is 18.5 Å². The first-order valence-electron chi connectivity index (χ1n) is 8.05. The number of aromatic nitrogens is 1. The summed E-state index contributed by atoms with van der Waals surface area (Å²) in [5.74, 6) is 0.894. The maximum absolute atomic E-state index is 12.6. The molecule has 0 bridgehead atoms. The van der Waals surface area contributed by atoms with Crippen molar-refractivity contribution in [1.29, 1.82) is 0 Å². The van der Waals surface area contributed by atoms with Crippen LogP contribution in [-0.4, -0.2) is 49.1 Å². The van der Waals surface area contributed by atoms with E-state index >= 15 is 0 Å². The Balaban J connectivity index is 1.67. The van der Waals surface area contributed by atoms with Crippen LogP contribution in [0.15, 0.2) is 42.6 Å². The number of hydrogen-bond donors (Lipinski definition) is 1. The van der Waals surface area contributed by atoms with Crippen molar-refractivity contribution in [2.45, 2.75) is 6.54 Å². The standard InChI is InChI=1S/C18H22N4O2/c1-24-17-5-3-2-4-16(17)21-8-10-22(11-9-21)18(23)14-6-7-20-15(12-14)13-19/h2-7,12H,8-11,13,19H2,1H3. The van der Waals surface area contributed by atoms with E-state index in [-0.39, 0.29) is 5.91 Å².